The van der Waals surface area contributed by atoms with Crippen LogP contribution in [0, 0.1) is 0 Å². The van der Waals surface area contributed by atoms with Crippen LogP contribution in [-0.4, -0.2) is 54.1 Å². The van der Waals surface area contributed by atoms with Crippen LogP contribution in [0.4, 0.5) is 0 Å². The van der Waals surface area contributed by atoms with E-state index >= 15 is 0 Å². The van der Waals surface area contributed by atoms with Crippen LogP contribution in [0.25, 0.3) is 10.9 Å². The third kappa shape index (κ3) is 4.19. The maximum Gasteiger partial charge on any atom is 0.313 e. The van der Waals surface area contributed by atoms with Gasteiger partial charge in [-0.2, -0.15) is 0 Å². The van der Waals surface area contributed by atoms with Gasteiger partial charge < -0.3 is 28.7 Å². The second-order valence-electron chi connectivity index (χ2n) is 8.65. The van der Waals surface area contributed by atoms with Crippen molar-refractivity contribution >= 4 is 16.9 Å². The highest BCUT2D eigenvalue weighted by Gasteiger charge is 2.50. The van der Waals surface area contributed by atoms with Crippen molar-refractivity contribution in [3.63, 3.8) is 0 Å². The summed E-state index contributed by atoms with van der Waals surface area (Å²) in [5.74, 6) is -2.14. The average Bonchev–Trinajstić information content (AvgIpc) is 3.33. The average molecular weight is 403 g/mol. The van der Waals surface area contributed by atoms with Crippen molar-refractivity contribution in [2.45, 2.75) is 70.4 Å². The van der Waals surface area contributed by atoms with E-state index in [1.54, 1.807) is 0 Å². The quantitative estimate of drug-likeness (QED) is 0.770. The number of carbonyl (C=O) groups excluding carboxylic acids is 1. The molecule has 1 aromatic heterocycles. The molecule has 7 nitrogen and oxygen atoms in total. The topological polar surface area (TPSA) is 79.0 Å². The summed E-state index contributed by atoms with van der Waals surface area (Å²) in [5, 5.41) is 1.02. The predicted molar refractivity (Wildman–Crippen MR) is 106 cm³/mol. The monoisotopic (exact) mass is 403 g/mol. The van der Waals surface area contributed by atoms with Gasteiger partial charge in [0.15, 0.2) is 11.6 Å². The fraction of sp³-hybridized carbons (Fsp3) is 0.591. The molecule has 2 aliphatic rings. The molecule has 158 valence electrons. The van der Waals surface area contributed by atoms with Gasteiger partial charge in [-0.1, -0.05) is 18.2 Å². The number of aromatic nitrogens is 1. The molecular formula is C22H29NO6. The van der Waals surface area contributed by atoms with Crippen LogP contribution in [0.15, 0.2) is 30.5 Å². The van der Waals surface area contributed by atoms with Crippen LogP contribution in [0.3, 0.4) is 0 Å². The maximum atomic E-state index is 12.7. The number of hydrogen-bond acceptors (Lipinski definition) is 6. The van der Waals surface area contributed by atoms with E-state index in [0.29, 0.717) is 6.61 Å². The number of nitrogens with one attached hydrogen (secondary N) is 1. The summed E-state index contributed by atoms with van der Waals surface area (Å²) < 4.78 is 29.3. The van der Waals surface area contributed by atoms with Crippen LogP contribution >= 0.6 is 0 Å². The van der Waals surface area contributed by atoms with Gasteiger partial charge in [0.25, 0.3) is 0 Å². The lowest BCUT2D eigenvalue weighted by Crippen LogP contribution is -2.40. The molecule has 0 unspecified atom stereocenters. The number of hydrogen-bond donors (Lipinski definition) is 1. The Morgan fingerprint density at radius 3 is 2.66 bits per heavy atom. The van der Waals surface area contributed by atoms with E-state index in [0.717, 1.165) is 16.5 Å². The Bertz CT molecular complexity index is 888. The summed E-state index contributed by atoms with van der Waals surface area (Å²) in [5.41, 5.74) is 1.91. The van der Waals surface area contributed by atoms with E-state index in [1.807, 2.05) is 65.1 Å². The molecule has 2 aromatic rings. The predicted octanol–water partition coefficient (Wildman–Crippen LogP) is 3.49. The molecule has 2 saturated heterocycles. The van der Waals surface area contributed by atoms with Crippen molar-refractivity contribution in [3.8, 4) is 0 Å². The fourth-order valence-corrected chi connectivity index (χ4v) is 4.05. The van der Waals surface area contributed by atoms with Gasteiger partial charge in [-0.25, -0.2) is 0 Å². The summed E-state index contributed by atoms with van der Waals surface area (Å²) in [6, 6.07) is 7.90. The molecule has 0 radical (unpaired) electrons. The number of ether oxygens (including phenoxy) is 5. The highest BCUT2D eigenvalue weighted by atomic mass is 16.8. The molecule has 4 rings (SSSR count). The minimum atomic E-state index is -0.777. The molecule has 2 aliphatic heterocycles. The molecule has 2 fully saturated rings. The fourth-order valence-electron chi connectivity index (χ4n) is 4.05. The van der Waals surface area contributed by atoms with Crippen molar-refractivity contribution in [1.82, 2.24) is 4.98 Å². The molecular weight excluding hydrogens is 374 g/mol. The minimum Gasteiger partial charge on any atom is -0.462 e. The Hall–Kier alpha value is -1.93. The number of benzene rings is 1. The van der Waals surface area contributed by atoms with Gasteiger partial charge in [-0.05, 0) is 46.2 Å². The summed E-state index contributed by atoms with van der Waals surface area (Å²) in [6.45, 7) is 9.78. The summed E-state index contributed by atoms with van der Waals surface area (Å²) in [7, 11) is 0. The van der Waals surface area contributed by atoms with Gasteiger partial charge in [0.2, 0.25) is 0 Å². The molecule has 3 heterocycles. The Labute approximate surface area is 170 Å². The Morgan fingerprint density at radius 2 is 1.93 bits per heavy atom. The summed E-state index contributed by atoms with van der Waals surface area (Å²) in [4.78, 5) is 15.9. The molecule has 29 heavy (non-hydrogen) atoms. The standard InChI is InChI=1S/C22H29NO6/c1-13(15-10-23-16-9-7-6-8-14(15)16)20(24)25-11-17-19(29-22(4,5)28-17)18-12-26-21(2,3)27-18/h6-10,13,17-19,23H,11-12H2,1-5H3/t13-,17+,18+,19-/m0/s1. The zero-order valence-corrected chi connectivity index (χ0v) is 17.6. The van der Waals surface area contributed by atoms with E-state index in [1.165, 1.54) is 0 Å². The Morgan fingerprint density at radius 1 is 1.17 bits per heavy atom. The number of rotatable bonds is 5. The molecule has 1 aromatic carbocycles. The van der Waals surface area contributed by atoms with Crippen molar-refractivity contribution in [1.29, 1.82) is 0 Å². The second-order valence-corrected chi connectivity index (χ2v) is 8.65. The van der Waals surface area contributed by atoms with Crippen molar-refractivity contribution in [2.24, 2.45) is 0 Å². The first-order chi connectivity index (χ1) is 13.7. The van der Waals surface area contributed by atoms with Crippen LogP contribution in [0.1, 0.15) is 46.1 Å². The maximum absolute atomic E-state index is 12.7. The van der Waals surface area contributed by atoms with Gasteiger partial charge in [0.05, 0.1) is 12.5 Å². The number of H-pyrrole nitrogens is 1. The molecule has 0 aliphatic carbocycles. The highest BCUT2D eigenvalue weighted by Crippen LogP contribution is 2.36. The van der Waals surface area contributed by atoms with Gasteiger partial charge in [0, 0.05) is 17.1 Å². The largest absolute Gasteiger partial charge is 0.462 e. The van der Waals surface area contributed by atoms with Crippen LogP contribution in [-0.2, 0) is 28.5 Å². The third-order valence-corrected chi connectivity index (χ3v) is 5.45. The van der Waals surface area contributed by atoms with E-state index < -0.39 is 23.6 Å². The first kappa shape index (κ1) is 20.3. The lowest BCUT2D eigenvalue weighted by molar-refractivity contribution is -0.175. The van der Waals surface area contributed by atoms with Gasteiger partial charge in [-0.15, -0.1) is 0 Å². The molecule has 0 saturated carbocycles. The van der Waals surface area contributed by atoms with Gasteiger partial charge in [-0.3, -0.25) is 4.79 Å². The molecule has 0 bridgehead atoms. The van der Waals surface area contributed by atoms with E-state index in [2.05, 4.69) is 4.98 Å². The SMILES string of the molecule is C[C@H](C(=O)OC[C@H]1OC(C)(C)O[C@@H]1[C@H]1COC(C)(C)O1)c1c[nH]c2ccccc12. The number of aromatic amines is 1. The zero-order chi connectivity index (χ0) is 20.8. The number of carbonyl (C=O) groups is 1. The molecule has 0 amide bonds. The molecule has 0 spiro atoms. The number of esters is 1. The number of fused-ring (bicyclic) bond motifs is 1. The molecule has 7 heteroatoms. The highest BCUT2D eigenvalue weighted by molar-refractivity contribution is 5.89. The normalized spacial score (nSPS) is 29.2. The van der Waals surface area contributed by atoms with Crippen molar-refractivity contribution < 1.29 is 28.5 Å². The summed E-state index contributed by atoms with van der Waals surface area (Å²) >= 11 is 0. The zero-order valence-electron chi connectivity index (χ0n) is 17.6. The van der Waals surface area contributed by atoms with Crippen molar-refractivity contribution in [2.75, 3.05) is 13.2 Å². The summed E-state index contributed by atoms with van der Waals surface area (Å²) in [6.07, 6.45) is 0.792. The lowest BCUT2D eigenvalue weighted by Gasteiger charge is -2.24. The van der Waals surface area contributed by atoms with Gasteiger partial charge in [0.1, 0.15) is 24.9 Å². The smallest absolute Gasteiger partial charge is 0.313 e. The second kappa shape index (κ2) is 7.40. The first-order valence-corrected chi connectivity index (χ1v) is 10.1. The minimum absolute atomic E-state index is 0.0971. The van der Waals surface area contributed by atoms with E-state index in [4.69, 9.17) is 23.7 Å². The first-order valence-electron chi connectivity index (χ1n) is 10.1. The van der Waals surface area contributed by atoms with E-state index in [-0.39, 0.29) is 24.8 Å². The van der Waals surface area contributed by atoms with Crippen LogP contribution in [0.5, 0.6) is 0 Å². The third-order valence-electron chi connectivity index (χ3n) is 5.45. The van der Waals surface area contributed by atoms with Gasteiger partial charge >= 0.3 is 5.97 Å². The van der Waals surface area contributed by atoms with E-state index in [9.17, 15) is 4.79 Å². The molecule has 4 atom stereocenters. The van der Waals surface area contributed by atoms with Crippen molar-refractivity contribution in [3.05, 3.63) is 36.0 Å². The Balaban J connectivity index is 1.42. The number of para-hydroxylation sites is 1. The Kier molecular flexibility index (Phi) is 5.19. The lowest BCUT2D eigenvalue weighted by atomic mass is 10.0. The van der Waals surface area contributed by atoms with Crippen LogP contribution < -0.4 is 0 Å². The molecule has 1 N–H and O–H groups in total. The van der Waals surface area contributed by atoms with Crippen LogP contribution in [0.2, 0.25) is 0 Å².